The van der Waals surface area contributed by atoms with Gasteiger partial charge in [0.25, 0.3) is 5.91 Å². The van der Waals surface area contributed by atoms with Crippen molar-refractivity contribution >= 4 is 23.2 Å². The number of rotatable bonds is 3. The number of anilines is 1. The minimum absolute atomic E-state index is 0.0263. The third-order valence-electron chi connectivity index (χ3n) is 3.75. The van der Waals surface area contributed by atoms with Gasteiger partial charge >= 0.3 is 0 Å². The van der Waals surface area contributed by atoms with Crippen molar-refractivity contribution in [1.82, 2.24) is 5.32 Å². The normalized spacial score (nSPS) is 18.0. The number of carbonyl (C=O) groups excluding carboxylic acids is 1. The number of benzene rings is 1. The number of aliphatic hydroxyl groups excluding tert-OH is 1. The lowest BCUT2D eigenvalue weighted by molar-refractivity contribution is 0.0758. The predicted octanol–water partition coefficient (Wildman–Crippen LogP) is 2.35. The van der Waals surface area contributed by atoms with Crippen molar-refractivity contribution in [1.29, 1.82) is 0 Å². The monoisotopic (exact) mass is 282 g/mol. The van der Waals surface area contributed by atoms with Gasteiger partial charge in [0, 0.05) is 5.56 Å². The van der Waals surface area contributed by atoms with Crippen LogP contribution in [0.15, 0.2) is 18.2 Å². The molecule has 4 N–H and O–H groups in total. The van der Waals surface area contributed by atoms with Crippen molar-refractivity contribution in [3.05, 3.63) is 28.8 Å². The summed E-state index contributed by atoms with van der Waals surface area (Å²) in [7, 11) is 0. The number of nitrogens with two attached hydrogens (primary N) is 1. The minimum Gasteiger partial charge on any atom is -0.398 e. The van der Waals surface area contributed by atoms with Crippen LogP contribution in [0.5, 0.6) is 0 Å². The first-order valence-corrected chi connectivity index (χ1v) is 6.92. The van der Waals surface area contributed by atoms with Crippen LogP contribution in [0.2, 0.25) is 5.02 Å². The average Bonchev–Trinajstić information content (AvgIpc) is 2.43. The number of nitrogens with one attached hydrogen (secondary N) is 1. The van der Waals surface area contributed by atoms with E-state index in [4.69, 9.17) is 17.3 Å². The molecule has 0 heterocycles. The third kappa shape index (κ3) is 3.19. The van der Waals surface area contributed by atoms with Gasteiger partial charge in [-0.25, -0.2) is 0 Å². The molecule has 4 nitrogen and oxygen atoms in total. The summed E-state index contributed by atoms with van der Waals surface area (Å²) in [6.07, 6.45) is 4.86. The van der Waals surface area contributed by atoms with E-state index in [1.54, 1.807) is 18.2 Å². The van der Waals surface area contributed by atoms with Crippen molar-refractivity contribution in [3.8, 4) is 0 Å². The highest BCUT2D eigenvalue weighted by Gasteiger charge is 2.33. The van der Waals surface area contributed by atoms with E-state index in [2.05, 4.69) is 5.32 Å². The summed E-state index contributed by atoms with van der Waals surface area (Å²) in [6.45, 7) is -0.0263. The molecule has 0 saturated heterocycles. The average molecular weight is 283 g/mol. The highest BCUT2D eigenvalue weighted by molar-refractivity contribution is 6.33. The summed E-state index contributed by atoms with van der Waals surface area (Å²) >= 11 is 5.91. The van der Waals surface area contributed by atoms with Gasteiger partial charge in [-0.2, -0.15) is 0 Å². The highest BCUT2D eigenvalue weighted by Crippen LogP contribution is 2.28. The number of carbonyl (C=O) groups is 1. The number of amides is 1. The van der Waals surface area contributed by atoms with E-state index in [1.165, 1.54) is 0 Å². The fourth-order valence-electron chi connectivity index (χ4n) is 2.53. The summed E-state index contributed by atoms with van der Waals surface area (Å²) in [5.74, 6) is -0.210. The Morgan fingerprint density at radius 1 is 1.37 bits per heavy atom. The minimum atomic E-state index is -0.483. The van der Waals surface area contributed by atoms with E-state index in [0.29, 0.717) is 16.3 Å². The Kier molecular flexibility index (Phi) is 4.32. The molecular formula is C14H19ClN2O2. The van der Waals surface area contributed by atoms with E-state index in [-0.39, 0.29) is 12.5 Å². The largest absolute Gasteiger partial charge is 0.398 e. The van der Waals surface area contributed by atoms with Crippen molar-refractivity contribution in [2.75, 3.05) is 12.3 Å². The quantitative estimate of drug-likeness (QED) is 0.745. The van der Waals surface area contributed by atoms with Crippen LogP contribution in [0, 0.1) is 0 Å². The SMILES string of the molecule is Nc1ccc(C(=O)NC2(CO)CCCCC2)cc1Cl. The van der Waals surface area contributed by atoms with Gasteiger partial charge in [-0.3, -0.25) is 4.79 Å². The Morgan fingerprint density at radius 2 is 2.05 bits per heavy atom. The molecule has 5 heteroatoms. The van der Waals surface area contributed by atoms with Gasteiger partial charge in [0.1, 0.15) is 0 Å². The summed E-state index contributed by atoms with van der Waals surface area (Å²) in [5, 5.41) is 12.9. The third-order valence-corrected chi connectivity index (χ3v) is 4.08. The Hall–Kier alpha value is -1.26. The summed E-state index contributed by atoms with van der Waals surface area (Å²) < 4.78 is 0. The number of aliphatic hydroxyl groups is 1. The zero-order valence-electron chi connectivity index (χ0n) is 10.8. The van der Waals surface area contributed by atoms with Crippen LogP contribution in [0.3, 0.4) is 0 Å². The molecule has 0 bridgehead atoms. The summed E-state index contributed by atoms with van der Waals surface area (Å²) in [5.41, 5.74) is 6.06. The number of nitrogen functional groups attached to an aromatic ring is 1. The van der Waals surface area contributed by atoms with E-state index < -0.39 is 5.54 Å². The lowest BCUT2D eigenvalue weighted by Gasteiger charge is -2.36. The van der Waals surface area contributed by atoms with Gasteiger partial charge in [0.15, 0.2) is 0 Å². The topological polar surface area (TPSA) is 75.4 Å². The molecule has 1 aliphatic rings. The van der Waals surface area contributed by atoms with E-state index in [1.807, 2.05) is 0 Å². The smallest absolute Gasteiger partial charge is 0.251 e. The zero-order valence-corrected chi connectivity index (χ0v) is 11.5. The molecule has 19 heavy (non-hydrogen) atoms. The molecular weight excluding hydrogens is 264 g/mol. The van der Waals surface area contributed by atoms with E-state index >= 15 is 0 Å². The Labute approximate surface area is 117 Å². The maximum atomic E-state index is 12.2. The van der Waals surface area contributed by atoms with Crippen LogP contribution in [0.25, 0.3) is 0 Å². The second-order valence-corrected chi connectivity index (χ2v) is 5.60. The van der Waals surface area contributed by atoms with Crippen molar-refractivity contribution in [2.45, 2.75) is 37.6 Å². The van der Waals surface area contributed by atoms with Gasteiger partial charge in [-0.05, 0) is 31.0 Å². The van der Waals surface area contributed by atoms with Gasteiger partial charge in [-0.15, -0.1) is 0 Å². The standard InChI is InChI=1S/C14H19ClN2O2/c15-11-8-10(4-5-12(11)16)13(19)17-14(9-18)6-2-1-3-7-14/h4-5,8,18H,1-3,6-7,9,16H2,(H,17,19). The maximum absolute atomic E-state index is 12.2. The molecule has 1 aliphatic carbocycles. The molecule has 1 amide bonds. The molecule has 1 saturated carbocycles. The second kappa shape index (κ2) is 5.80. The molecule has 1 aromatic rings. The summed E-state index contributed by atoms with van der Waals surface area (Å²) in [6, 6.07) is 4.81. The highest BCUT2D eigenvalue weighted by atomic mass is 35.5. The first-order chi connectivity index (χ1) is 9.06. The van der Waals surface area contributed by atoms with Gasteiger partial charge < -0.3 is 16.2 Å². The fourth-order valence-corrected chi connectivity index (χ4v) is 2.71. The molecule has 2 rings (SSSR count). The molecule has 1 aromatic carbocycles. The lowest BCUT2D eigenvalue weighted by atomic mass is 9.82. The van der Waals surface area contributed by atoms with Gasteiger partial charge in [-0.1, -0.05) is 30.9 Å². The molecule has 0 radical (unpaired) electrons. The molecule has 1 fully saturated rings. The summed E-state index contributed by atoms with van der Waals surface area (Å²) in [4.78, 5) is 12.2. The van der Waals surface area contributed by atoms with E-state index in [0.717, 1.165) is 32.1 Å². The number of hydrogen-bond acceptors (Lipinski definition) is 3. The molecule has 104 valence electrons. The molecule has 0 aromatic heterocycles. The Balaban J connectivity index is 2.12. The number of hydrogen-bond donors (Lipinski definition) is 3. The van der Waals surface area contributed by atoms with Crippen LogP contribution in [0.4, 0.5) is 5.69 Å². The zero-order chi connectivity index (χ0) is 13.9. The Morgan fingerprint density at radius 3 is 2.63 bits per heavy atom. The van der Waals surface area contributed by atoms with Crippen LogP contribution in [-0.4, -0.2) is 23.2 Å². The maximum Gasteiger partial charge on any atom is 0.251 e. The fraction of sp³-hybridized carbons (Fsp3) is 0.500. The van der Waals surface area contributed by atoms with Crippen LogP contribution < -0.4 is 11.1 Å². The second-order valence-electron chi connectivity index (χ2n) is 5.19. The first-order valence-electron chi connectivity index (χ1n) is 6.55. The predicted molar refractivity (Wildman–Crippen MR) is 76.2 cm³/mol. The van der Waals surface area contributed by atoms with E-state index in [9.17, 15) is 9.90 Å². The first kappa shape index (κ1) is 14.2. The number of halogens is 1. The van der Waals surface area contributed by atoms with Crippen LogP contribution in [-0.2, 0) is 0 Å². The molecule has 0 atom stereocenters. The molecule has 0 unspecified atom stereocenters. The van der Waals surface area contributed by atoms with Crippen molar-refractivity contribution in [3.63, 3.8) is 0 Å². The lowest BCUT2D eigenvalue weighted by Crippen LogP contribution is -2.52. The van der Waals surface area contributed by atoms with Crippen molar-refractivity contribution < 1.29 is 9.90 Å². The van der Waals surface area contributed by atoms with Gasteiger partial charge in [0.05, 0.1) is 22.9 Å². The van der Waals surface area contributed by atoms with Crippen LogP contribution in [0.1, 0.15) is 42.5 Å². The molecule has 0 aliphatic heterocycles. The Bertz CT molecular complexity index is 471. The molecule has 0 spiro atoms. The van der Waals surface area contributed by atoms with Crippen molar-refractivity contribution in [2.24, 2.45) is 0 Å². The van der Waals surface area contributed by atoms with Crippen LogP contribution >= 0.6 is 11.6 Å². The van der Waals surface area contributed by atoms with Gasteiger partial charge in [0.2, 0.25) is 0 Å².